The maximum Gasteiger partial charge on any atom is 0.227 e. The number of nitrogens with zero attached hydrogens (tertiary/aromatic N) is 3. The van der Waals surface area contributed by atoms with E-state index >= 15 is 0 Å². The van der Waals surface area contributed by atoms with Gasteiger partial charge in [0.2, 0.25) is 5.95 Å². The molecule has 0 bridgehead atoms. The topological polar surface area (TPSA) is 41.1 Å². The van der Waals surface area contributed by atoms with Crippen LogP contribution >= 0.6 is 15.9 Å². The lowest BCUT2D eigenvalue weighted by Gasteiger charge is -2.21. The average molecular weight is 327 g/mol. The molecule has 1 N–H and O–H groups in total. The summed E-state index contributed by atoms with van der Waals surface area (Å²) >= 11 is 3.67. The van der Waals surface area contributed by atoms with E-state index in [0.717, 1.165) is 42.3 Å². The maximum absolute atomic E-state index is 4.77. The SMILES string of the molecule is CCCNc1nc(N(CC)CC)nc(C2CC2)c1Br. The van der Waals surface area contributed by atoms with Gasteiger partial charge >= 0.3 is 0 Å². The van der Waals surface area contributed by atoms with Crippen LogP contribution in [0.25, 0.3) is 0 Å². The van der Waals surface area contributed by atoms with Crippen molar-refractivity contribution in [2.45, 2.75) is 46.0 Å². The first kappa shape index (κ1) is 14.6. The van der Waals surface area contributed by atoms with Crippen LogP contribution in [0.4, 0.5) is 11.8 Å². The Labute approximate surface area is 124 Å². The maximum atomic E-state index is 4.77. The zero-order chi connectivity index (χ0) is 13.8. The summed E-state index contributed by atoms with van der Waals surface area (Å²) in [5.41, 5.74) is 1.18. The first-order valence-electron chi connectivity index (χ1n) is 7.27. The quantitative estimate of drug-likeness (QED) is 0.827. The van der Waals surface area contributed by atoms with Gasteiger partial charge in [-0.1, -0.05) is 6.92 Å². The molecule has 5 heteroatoms. The molecule has 4 nitrogen and oxygen atoms in total. The van der Waals surface area contributed by atoms with Crippen LogP contribution in [0, 0.1) is 0 Å². The predicted molar refractivity (Wildman–Crippen MR) is 84.0 cm³/mol. The molecule has 106 valence electrons. The van der Waals surface area contributed by atoms with Crippen molar-refractivity contribution in [1.82, 2.24) is 9.97 Å². The number of anilines is 2. The minimum absolute atomic E-state index is 0.619. The van der Waals surface area contributed by atoms with Crippen LogP contribution in [0.1, 0.15) is 51.6 Å². The first-order chi connectivity index (χ1) is 9.21. The van der Waals surface area contributed by atoms with Gasteiger partial charge in [0, 0.05) is 25.6 Å². The number of hydrogen-bond donors (Lipinski definition) is 1. The lowest BCUT2D eigenvalue weighted by Crippen LogP contribution is -2.25. The smallest absolute Gasteiger partial charge is 0.227 e. The van der Waals surface area contributed by atoms with Gasteiger partial charge in [-0.25, -0.2) is 4.98 Å². The monoisotopic (exact) mass is 326 g/mol. The van der Waals surface area contributed by atoms with Crippen molar-refractivity contribution in [3.05, 3.63) is 10.2 Å². The second-order valence-electron chi connectivity index (χ2n) is 4.94. The molecule has 0 saturated heterocycles. The molecule has 1 aromatic heterocycles. The average Bonchev–Trinajstić information content (AvgIpc) is 3.24. The molecule has 1 saturated carbocycles. The van der Waals surface area contributed by atoms with Crippen LogP contribution < -0.4 is 10.2 Å². The Morgan fingerprint density at radius 1 is 1.21 bits per heavy atom. The van der Waals surface area contributed by atoms with Crippen molar-refractivity contribution in [2.75, 3.05) is 29.9 Å². The molecule has 0 radical (unpaired) electrons. The molecule has 19 heavy (non-hydrogen) atoms. The Hall–Kier alpha value is -0.840. The van der Waals surface area contributed by atoms with E-state index in [9.17, 15) is 0 Å². The van der Waals surface area contributed by atoms with Gasteiger partial charge in [-0.3, -0.25) is 0 Å². The fourth-order valence-corrected chi connectivity index (χ4v) is 2.73. The highest BCUT2D eigenvalue weighted by Gasteiger charge is 2.30. The van der Waals surface area contributed by atoms with E-state index in [1.54, 1.807) is 0 Å². The minimum atomic E-state index is 0.619. The molecular weight excluding hydrogens is 304 g/mol. The van der Waals surface area contributed by atoms with Crippen LogP contribution in [-0.2, 0) is 0 Å². The highest BCUT2D eigenvalue weighted by Crippen LogP contribution is 2.44. The van der Waals surface area contributed by atoms with E-state index in [2.05, 4.69) is 51.9 Å². The van der Waals surface area contributed by atoms with Crippen LogP contribution in [0.3, 0.4) is 0 Å². The summed E-state index contributed by atoms with van der Waals surface area (Å²) in [5.74, 6) is 2.42. The molecule has 1 heterocycles. The minimum Gasteiger partial charge on any atom is -0.369 e. The summed E-state index contributed by atoms with van der Waals surface area (Å²) in [6.07, 6.45) is 3.59. The molecule has 0 amide bonds. The lowest BCUT2D eigenvalue weighted by molar-refractivity contribution is 0.805. The van der Waals surface area contributed by atoms with E-state index in [4.69, 9.17) is 4.98 Å². The van der Waals surface area contributed by atoms with E-state index in [-0.39, 0.29) is 0 Å². The Morgan fingerprint density at radius 2 is 1.89 bits per heavy atom. The molecule has 1 aromatic rings. The third-order valence-corrected chi connectivity index (χ3v) is 4.20. The molecule has 1 aliphatic carbocycles. The van der Waals surface area contributed by atoms with E-state index in [1.165, 1.54) is 18.5 Å². The van der Waals surface area contributed by atoms with Crippen LogP contribution in [-0.4, -0.2) is 29.6 Å². The Bertz CT molecular complexity index is 428. The molecule has 0 aromatic carbocycles. The second kappa shape index (κ2) is 6.55. The fraction of sp³-hybridized carbons (Fsp3) is 0.714. The largest absolute Gasteiger partial charge is 0.369 e. The summed E-state index contributed by atoms with van der Waals surface area (Å²) < 4.78 is 1.05. The lowest BCUT2D eigenvalue weighted by atomic mass is 10.2. The third kappa shape index (κ3) is 3.38. The fourth-order valence-electron chi connectivity index (χ4n) is 2.09. The standard InChI is InChI=1S/C14H23BrN4/c1-4-9-16-13-11(15)12(10-7-8-10)17-14(18-13)19(5-2)6-3/h10H,4-9H2,1-3H3,(H,16,17,18). The van der Waals surface area contributed by atoms with Crippen molar-refractivity contribution < 1.29 is 0 Å². The van der Waals surface area contributed by atoms with Crippen molar-refractivity contribution in [3.63, 3.8) is 0 Å². The summed E-state index contributed by atoms with van der Waals surface area (Å²) in [6.45, 7) is 9.27. The molecular formula is C14H23BrN4. The summed E-state index contributed by atoms with van der Waals surface area (Å²) in [4.78, 5) is 11.7. The highest BCUT2D eigenvalue weighted by molar-refractivity contribution is 9.10. The second-order valence-corrected chi connectivity index (χ2v) is 5.74. The van der Waals surface area contributed by atoms with Gasteiger partial charge in [0.05, 0.1) is 10.2 Å². The van der Waals surface area contributed by atoms with E-state index in [0.29, 0.717) is 5.92 Å². The van der Waals surface area contributed by atoms with Gasteiger partial charge in [-0.15, -0.1) is 0 Å². The van der Waals surface area contributed by atoms with Crippen molar-refractivity contribution in [2.24, 2.45) is 0 Å². The number of halogens is 1. The zero-order valence-corrected chi connectivity index (χ0v) is 13.6. The van der Waals surface area contributed by atoms with Crippen LogP contribution in [0.5, 0.6) is 0 Å². The highest BCUT2D eigenvalue weighted by atomic mass is 79.9. The molecule has 0 aliphatic heterocycles. The Kier molecular flexibility index (Phi) is 5.02. The van der Waals surface area contributed by atoms with Gasteiger partial charge in [-0.05, 0) is 49.0 Å². The molecule has 0 spiro atoms. The van der Waals surface area contributed by atoms with Crippen molar-refractivity contribution in [1.29, 1.82) is 0 Å². The zero-order valence-electron chi connectivity index (χ0n) is 12.0. The number of nitrogens with one attached hydrogen (secondary N) is 1. The molecule has 1 aliphatic rings. The molecule has 0 unspecified atom stereocenters. The normalized spacial score (nSPS) is 14.5. The van der Waals surface area contributed by atoms with Gasteiger partial charge in [0.15, 0.2) is 0 Å². The molecule has 2 rings (SSSR count). The number of aromatic nitrogens is 2. The van der Waals surface area contributed by atoms with Crippen LogP contribution in [0.15, 0.2) is 4.47 Å². The van der Waals surface area contributed by atoms with Crippen molar-refractivity contribution in [3.8, 4) is 0 Å². The number of hydrogen-bond acceptors (Lipinski definition) is 4. The predicted octanol–water partition coefficient (Wildman–Crippen LogP) is 3.78. The summed E-state index contributed by atoms with van der Waals surface area (Å²) in [6, 6.07) is 0. The third-order valence-electron chi connectivity index (χ3n) is 3.42. The molecule has 0 atom stereocenters. The first-order valence-corrected chi connectivity index (χ1v) is 8.06. The number of rotatable bonds is 7. The Morgan fingerprint density at radius 3 is 2.42 bits per heavy atom. The Balaban J connectivity index is 2.35. The van der Waals surface area contributed by atoms with Crippen LogP contribution in [0.2, 0.25) is 0 Å². The van der Waals surface area contributed by atoms with Crippen molar-refractivity contribution >= 4 is 27.7 Å². The van der Waals surface area contributed by atoms with Gasteiger partial charge in [-0.2, -0.15) is 4.98 Å². The van der Waals surface area contributed by atoms with E-state index in [1.807, 2.05) is 0 Å². The van der Waals surface area contributed by atoms with Gasteiger partial charge in [0.25, 0.3) is 0 Å². The summed E-state index contributed by atoms with van der Waals surface area (Å²) in [5, 5.41) is 3.40. The van der Waals surface area contributed by atoms with Gasteiger partial charge < -0.3 is 10.2 Å². The summed E-state index contributed by atoms with van der Waals surface area (Å²) in [7, 11) is 0. The van der Waals surface area contributed by atoms with E-state index < -0.39 is 0 Å². The molecule has 1 fully saturated rings. The van der Waals surface area contributed by atoms with Gasteiger partial charge in [0.1, 0.15) is 5.82 Å².